The van der Waals surface area contributed by atoms with Crippen LogP contribution in [-0.4, -0.2) is 33.4 Å². The zero-order valence-electron chi connectivity index (χ0n) is 15.8. The Labute approximate surface area is 158 Å². The van der Waals surface area contributed by atoms with Crippen LogP contribution >= 0.6 is 0 Å². The van der Waals surface area contributed by atoms with E-state index in [2.05, 4.69) is 51.2 Å². The molecule has 3 aromatic heterocycles. The zero-order valence-corrected chi connectivity index (χ0v) is 15.8. The Hall–Kier alpha value is -2.92. The third kappa shape index (κ3) is 2.75. The van der Waals surface area contributed by atoms with E-state index in [0.29, 0.717) is 5.89 Å². The molecule has 0 amide bonds. The van der Waals surface area contributed by atoms with E-state index in [1.807, 2.05) is 26.2 Å². The highest BCUT2D eigenvalue weighted by molar-refractivity contribution is 5.93. The largest absolute Gasteiger partial charge is 0.441 e. The number of H-pyrrole nitrogens is 1. The molecule has 1 N–H and O–H groups in total. The van der Waals surface area contributed by atoms with Gasteiger partial charge in [-0.25, -0.2) is 9.97 Å². The van der Waals surface area contributed by atoms with Crippen molar-refractivity contribution in [2.24, 2.45) is 0 Å². The molecule has 0 unspecified atom stereocenters. The van der Waals surface area contributed by atoms with Crippen molar-refractivity contribution in [2.45, 2.75) is 26.8 Å². The van der Waals surface area contributed by atoms with Crippen LogP contribution in [0.15, 0.2) is 41.1 Å². The number of likely N-dealkylation sites (N-methyl/N-ethyl adjacent to an activating group) is 1. The number of benzene rings is 1. The molecule has 27 heavy (non-hydrogen) atoms. The van der Waals surface area contributed by atoms with Crippen LogP contribution in [0.3, 0.4) is 0 Å². The van der Waals surface area contributed by atoms with Gasteiger partial charge in [-0.15, -0.1) is 0 Å². The summed E-state index contributed by atoms with van der Waals surface area (Å²) >= 11 is 0. The van der Waals surface area contributed by atoms with Crippen LogP contribution in [-0.2, 0) is 13.0 Å². The molecule has 1 aliphatic rings. The van der Waals surface area contributed by atoms with Gasteiger partial charge in [-0.2, -0.15) is 0 Å². The van der Waals surface area contributed by atoms with Crippen LogP contribution in [0.25, 0.3) is 33.6 Å². The second kappa shape index (κ2) is 6.06. The molecule has 0 fully saturated rings. The predicted octanol–water partition coefficient (Wildman–Crippen LogP) is 4.49. The van der Waals surface area contributed by atoms with E-state index < -0.39 is 0 Å². The number of nitrogens with zero attached hydrogens (tertiary/aromatic N) is 3. The van der Waals surface area contributed by atoms with Gasteiger partial charge >= 0.3 is 0 Å². The highest BCUT2D eigenvalue weighted by atomic mass is 16.4. The molecule has 5 nitrogen and oxygen atoms in total. The molecule has 0 atom stereocenters. The maximum atomic E-state index is 5.83. The fraction of sp³-hybridized carbons (Fsp3) is 0.273. The average molecular weight is 358 g/mol. The SMILES string of the molecule is Cc1nc(-c2c[nH]c3ncc(-c4ccc5c(c4)CN(C)CC5)cc23)oc1C. The van der Waals surface area contributed by atoms with Gasteiger partial charge in [0.2, 0.25) is 5.89 Å². The summed E-state index contributed by atoms with van der Waals surface area (Å²) in [6.07, 6.45) is 4.98. The summed E-state index contributed by atoms with van der Waals surface area (Å²) in [4.78, 5) is 14.8. The topological polar surface area (TPSA) is 58.0 Å². The van der Waals surface area contributed by atoms with Gasteiger partial charge in [0.15, 0.2) is 0 Å². The smallest absolute Gasteiger partial charge is 0.228 e. The van der Waals surface area contributed by atoms with Gasteiger partial charge in [-0.3, -0.25) is 0 Å². The van der Waals surface area contributed by atoms with E-state index >= 15 is 0 Å². The van der Waals surface area contributed by atoms with Crippen molar-refractivity contribution in [3.63, 3.8) is 0 Å². The molecule has 1 aromatic carbocycles. The lowest BCUT2D eigenvalue weighted by atomic mass is 9.95. The van der Waals surface area contributed by atoms with Crippen molar-refractivity contribution in [2.75, 3.05) is 13.6 Å². The lowest BCUT2D eigenvalue weighted by molar-refractivity contribution is 0.313. The number of rotatable bonds is 2. The number of aromatic nitrogens is 3. The highest BCUT2D eigenvalue weighted by Crippen LogP contribution is 2.32. The number of nitrogens with one attached hydrogen (secondary N) is 1. The third-order valence-electron chi connectivity index (χ3n) is 5.53. The average Bonchev–Trinajstić information content (AvgIpc) is 3.23. The lowest BCUT2D eigenvalue weighted by Gasteiger charge is -2.25. The third-order valence-corrected chi connectivity index (χ3v) is 5.53. The number of aromatic amines is 1. The van der Waals surface area contributed by atoms with E-state index in [0.717, 1.165) is 53.1 Å². The van der Waals surface area contributed by atoms with Gasteiger partial charge < -0.3 is 14.3 Å². The fourth-order valence-corrected chi connectivity index (χ4v) is 3.80. The monoisotopic (exact) mass is 358 g/mol. The van der Waals surface area contributed by atoms with Crippen LogP contribution in [0.5, 0.6) is 0 Å². The first-order valence-corrected chi connectivity index (χ1v) is 9.31. The lowest BCUT2D eigenvalue weighted by Crippen LogP contribution is -2.26. The van der Waals surface area contributed by atoms with Gasteiger partial charge in [-0.05, 0) is 56.1 Å². The van der Waals surface area contributed by atoms with Crippen molar-refractivity contribution >= 4 is 11.0 Å². The molecular weight excluding hydrogens is 336 g/mol. The Morgan fingerprint density at radius 3 is 2.81 bits per heavy atom. The Bertz CT molecular complexity index is 1140. The van der Waals surface area contributed by atoms with E-state index in [4.69, 9.17) is 4.42 Å². The molecule has 0 radical (unpaired) electrons. The summed E-state index contributed by atoms with van der Waals surface area (Å²) in [5.41, 5.74) is 7.90. The van der Waals surface area contributed by atoms with Crippen molar-refractivity contribution in [3.8, 4) is 22.6 Å². The number of oxazole rings is 1. The second-order valence-corrected chi connectivity index (χ2v) is 7.45. The first-order chi connectivity index (χ1) is 13.1. The molecular formula is C22H22N4O. The number of aryl methyl sites for hydroxylation is 2. The minimum Gasteiger partial charge on any atom is -0.441 e. The molecule has 0 saturated carbocycles. The number of pyridine rings is 1. The van der Waals surface area contributed by atoms with Crippen LogP contribution in [0.4, 0.5) is 0 Å². The van der Waals surface area contributed by atoms with Gasteiger partial charge in [0, 0.05) is 36.4 Å². The zero-order chi connectivity index (χ0) is 18.5. The molecule has 0 aliphatic carbocycles. The molecule has 1 aliphatic heterocycles. The van der Waals surface area contributed by atoms with Crippen molar-refractivity contribution in [1.82, 2.24) is 19.9 Å². The first-order valence-electron chi connectivity index (χ1n) is 9.31. The summed E-state index contributed by atoms with van der Waals surface area (Å²) in [5.74, 6) is 1.49. The maximum absolute atomic E-state index is 5.83. The maximum Gasteiger partial charge on any atom is 0.228 e. The van der Waals surface area contributed by atoms with E-state index in [1.54, 1.807) is 0 Å². The van der Waals surface area contributed by atoms with Crippen LogP contribution in [0.2, 0.25) is 0 Å². The second-order valence-electron chi connectivity index (χ2n) is 7.45. The fourth-order valence-electron chi connectivity index (χ4n) is 3.80. The minimum absolute atomic E-state index is 0.641. The summed E-state index contributed by atoms with van der Waals surface area (Å²) < 4.78 is 5.83. The standard InChI is InChI=1S/C22H22N4O/c1-13-14(2)27-22(25-13)20-11-24-21-19(20)9-17(10-23-21)16-5-4-15-6-7-26(3)12-18(15)8-16/h4-5,8-11H,6-7,12H2,1-3H3,(H,23,24). The molecule has 4 heterocycles. The quantitative estimate of drug-likeness (QED) is 0.574. The summed E-state index contributed by atoms with van der Waals surface area (Å²) in [5, 5.41) is 1.03. The number of hydrogen-bond donors (Lipinski definition) is 1. The molecule has 0 bridgehead atoms. The van der Waals surface area contributed by atoms with E-state index in [9.17, 15) is 0 Å². The number of fused-ring (bicyclic) bond motifs is 2. The Morgan fingerprint density at radius 1 is 1.11 bits per heavy atom. The van der Waals surface area contributed by atoms with Crippen molar-refractivity contribution in [1.29, 1.82) is 0 Å². The van der Waals surface area contributed by atoms with Crippen molar-refractivity contribution in [3.05, 3.63) is 59.2 Å². The Morgan fingerprint density at radius 2 is 2.00 bits per heavy atom. The molecule has 5 heteroatoms. The molecule has 4 aromatic rings. The molecule has 5 rings (SSSR count). The summed E-state index contributed by atoms with van der Waals surface area (Å²) in [6.45, 7) is 6.03. The van der Waals surface area contributed by atoms with Crippen LogP contribution < -0.4 is 0 Å². The van der Waals surface area contributed by atoms with Crippen LogP contribution in [0.1, 0.15) is 22.6 Å². The first kappa shape index (κ1) is 16.3. The van der Waals surface area contributed by atoms with Gasteiger partial charge in [0.05, 0.1) is 11.3 Å². The minimum atomic E-state index is 0.641. The molecule has 0 saturated heterocycles. The Kier molecular flexibility index (Phi) is 3.65. The molecule has 136 valence electrons. The van der Waals surface area contributed by atoms with Gasteiger partial charge in [-0.1, -0.05) is 12.1 Å². The van der Waals surface area contributed by atoms with Crippen molar-refractivity contribution < 1.29 is 4.42 Å². The van der Waals surface area contributed by atoms with Gasteiger partial charge in [0.1, 0.15) is 11.4 Å². The van der Waals surface area contributed by atoms with E-state index in [1.165, 1.54) is 16.7 Å². The molecule has 0 spiro atoms. The van der Waals surface area contributed by atoms with E-state index in [-0.39, 0.29) is 0 Å². The Balaban J connectivity index is 1.60. The number of hydrogen-bond acceptors (Lipinski definition) is 4. The van der Waals surface area contributed by atoms with Gasteiger partial charge in [0.25, 0.3) is 0 Å². The summed E-state index contributed by atoms with van der Waals surface area (Å²) in [6, 6.07) is 8.95. The highest BCUT2D eigenvalue weighted by Gasteiger charge is 2.16. The normalized spacial score (nSPS) is 14.6. The summed E-state index contributed by atoms with van der Waals surface area (Å²) in [7, 11) is 2.18. The predicted molar refractivity (Wildman–Crippen MR) is 107 cm³/mol. The van der Waals surface area contributed by atoms with Crippen LogP contribution in [0, 0.1) is 13.8 Å².